The summed E-state index contributed by atoms with van der Waals surface area (Å²) >= 11 is 0. The molecule has 4 heteroatoms. The molecular formula is C11H16FN3. The molecule has 0 saturated carbocycles. The van der Waals surface area contributed by atoms with Crippen molar-refractivity contribution in [3.8, 4) is 0 Å². The summed E-state index contributed by atoms with van der Waals surface area (Å²) in [5, 5.41) is 0. The van der Waals surface area contributed by atoms with Crippen molar-refractivity contribution < 1.29 is 4.39 Å². The average molecular weight is 209 g/mol. The Morgan fingerprint density at radius 1 is 1.07 bits per heavy atom. The van der Waals surface area contributed by atoms with E-state index < -0.39 is 0 Å². The van der Waals surface area contributed by atoms with Crippen LogP contribution < -0.4 is 16.4 Å². The van der Waals surface area contributed by atoms with Crippen LogP contribution in [0.5, 0.6) is 0 Å². The number of benzene rings is 1. The fourth-order valence-electron chi connectivity index (χ4n) is 1.98. The van der Waals surface area contributed by atoms with Crippen LogP contribution in [0.25, 0.3) is 0 Å². The van der Waals surface area contributed by atoms with Crippen molar-refractivity contribution in [3.63, 3.8) is 0 Å². The Morgan fingerprint density at radius 2 is 1.73 bits per heavy atom. The molecule has 2 rings (SSSR count). The van der Waals surface area contributed by atoms with E-state index in [0.29, 0.717) is 11.4 Å². The molecule has 0 aromatic heterocycles. The number of nitrogens with two attached hydrogens (primary N) is 2. The van der Waals surface area contributed by atoms with E-state index in [0.717, 1.165) is 25.9 Å². The smallest absolute Gasteiger partial charge is 0.171 e. The lowest BCUT2D eigenvalue weighted by molar-refractivity contribution is 0.558. The molecule has 4 N–H and O–H groups in total. The largest absolute Gasteiger partial charge is 0.397 e. The van der Waals surface area contributed by atoms with Gasteiger partial charge in [-0.1, -0.05) is 0 Å². The predicted molar refractivity (Wildman–Crippen MR) is 61.3 cm³/mol. The highest BCUT2D eigenvalue weighted by molar-refractivity contribution is 5.71. The molecule has 0 aliphatic carbocycles. The summed E-state index contributed by atoms with van der Waals surface area (Å²) in [6.07, 6.45) is 3.45. The summed E-state index contributed by atoms with van der Waals surface area (Å²) in [6.45, 7) is 1.81. The molecule has 82 valence electrons. The van der Waals surface area contributed by atoms with Crippen molar-refractivity contribution in [2.24, 2.45) is 0 Å². The number of anilines is 3. The molecular weight excluding hydrogens is 193 g/mol. The minimum Gasteiger partial charge on any atom is -0.397 e. The maximum atomic E-state index is 13.8. The molecule has 0 spiro atoms. The number of hydrogen-bond donors (Lipinski definition) is 2. The summed E-state index contributed by atoms with van der Waals surface area (Å²) in [7, 11) is 0. The molecule has 1 saturated heterocycles. The molecule has 1 fully saturated rings. The van der Waals surface area contributed by atoms with E-state index >= 15 is 0 Å². The molecule has 15 heavy (non-hydrogen) atoms. The minimum atomic E-state index is -0.378. The topological polar surface area (TPSA) is 55.3 Å². The van der Waals surface area contributed by atoms with E-state index in [1.165, 1.54) is 6.42 Å². The number of hydrogen-bond acceptors (Lipinski definition) is 3. The maximum absolute atomic E-state index is 13.8. The fourth-order valence-corrected chi connectivity index (χ4v) is 1.98. The lowest BCUT2D eigenvalue weighted by Gasteiger charge is -2.29. The standard InChI is InChI=1S/C11H16FN3/c12-10-9(5-4-8(13)11(10)14)15-6-2-1-3-7-15/h4-5H,1-3,6-7,13-14H2. The molecule has 0 radical (unpaired) electrons. The zero-order chi connectivity index (χ0) is 10.8. The Kier molecular flexibility index (Phi) is 2.66. The first-order valence-corrected chi connectivity index (χ1v) is 5.28. The molecule has 1 aromatic carbocycles. The Morgan fingerprint density at radius 3 is 2.40 bits per heavy atom. The average Bonchev–Trinajstić information content (AvgIpc) is 2.27. The lowest BCUT2D eigenvalue weighted by Crippen LogP contribution is -2.30. The first kappa shape index (κ1) is 10.1. The van der Waals surface area contributed by atoms with Gasteiger partial charge < -0.3 is 16.4 Å². The molecule has 0 unspecified atom stereocenters. The van der Waals surface area contributed by atoms with E-state index in [-0.39, 0.29) is 11.5 Å². The van der Waals surface area contributed by atoms with Gasteiger partial charge in [-0.25, -0.2) is 4.39 Å². The highest BCUT2D eigenvalue weighted by atomic mass is 19.1. The molecule has 3 nitrogen and oxygen atoms in total. The monoisotopic (exact) mass is 209 g/mol. The summed E-state index contributed by atoms with van der Waals surface area (Å²) in [4.78, 5) is 2.04. The molecule has 0 bridgehead atoms. The number of halogens is 1. The second-order valence-corrected chi connectivity index (χ2v) is 3.95. The van der Waals surface area contributed by atoms with E-state index in [2.05, 4.69) is 0 Å². The zero-order valence-corrected chi connectivity index (χ0v) is 8.67. The second kappa shape index (κ2) is 3.96. The van der Waals surface area contributed by atoms with Gasteiger partial charge in [-0.05, 0) is 31.4 Å². The van der Waals surface area contributed by atoms with Crippen LogP contribution in [0.2, 0.25) is 0 Å². The van der Waals surface area contributed by atoms with Crippen molar-refractivity contribution in [2.45, 2.75) is 19.3 Å². The summed E-state index contributed by atoms with van der Waals surface area (Å²) < 4.78 is 13.8. The van der Waals surface area contributed by atoms with Gasteiger partial charge in [0.25, 0.3) is 0 Å². The third-order valence-electron chi connectivity index (χ3n) is 2.89. The van der Waals surface area contributed by atoms with Crippen LogP contribution in [0.15, 0.2) is 12.1 Å². The Hall–Kier alpha value is -1.45. The third kappa shape index (κ3) is 1.84. The van der Waals surface area contributed by atoms with Gasteiger partial charge >= 0.3 is 0 Å². The van der Waals surface area contributed by atoms with Crippen LogP contribution in [0, 0.1) is 5.82 Å². The Labute approximate surface area is 88.9 Å². The van der Waals surface area contributed by atoms with Gasteiger partial charge in [-0.15, -0.1) is 0 Å². The van der Waals surface area contributed by atoms with Gasteiger partial charge in [0.15, 0.2) is 5.82 Å². The molecule has 0 atom stereocenters. The van der Waals surface area contributed by atoms with Crippen LogP contribution in [0.3, 0.4) is 0 Å². The molecule has 1 aliphatic heterocycles. The molecule has 0 amide bonds. The summed E-state index contributed by atoms with van der Waals surface area (Å²) in [5.74, 6) is -0.378. The normalized spacial score (nSPS) is 16.7. The first-order chi connectivity index (χ1) is 7.20. The van der Waals surface area contributed by atoms with Crippen LogP contribution >= 0.6 is 0 Å². The van der Waals surface area contributed by atoms with Crippen LogP contribution in [-0.4, -0.2) is 13.1 Å². The highest BCUT2D eigenvalue weighted by Gasteiger charge is 2.17. The van der Waals surface area contributed by atoms with E-state index in [9.17, 15) is 4.39 Å². The summed E-state index contributed by atoms with van der Waals surface area (Å²) in [5.41, 5.74) is 12.1. The minimum absolute atomic E-state index is 0.0677. The van der Waals surface area contributed by atoms with Crippen molar-refractivity contribution in [2.75, 3.05) is 29.5 Å². The number of nitrogen functional groups attached to an aromatic ring is 2. The molecule has 1 aliphatic rings. The van der Waals surface area contributed by atoms with Crippen LogP contribution in [0.4, 0.5) is 21.5 Å². The van der Waals surface area contributed by atoms with Crippen LogP contribution in [-0.2, 0) is 0 Å². The lowest BCUT2D eigenvalue weighted by atomic mass is 10.1. The Balaban J connectivity index is 2.31. The van der Waals surface area contributed by atoms with Gasteiger partial charge in [0.05, 0.1) is 17.1 Å². The highest BCUT2D eigenvalue weighted by Crippen LogP contribution is 2.30. The van der Waals surface area contributed by atoms with E-state index in [1.54, 1.807) is 12.1 Å². The molecule has 1 heterocycles. The zero-order valence-electron chi connectivity index (χ0n) is 8.67. The van der Waals surface area contributed by atoms with Gasteiger partial charge in [0.1, 0.15) is 0 Å². The van der Waals surface area contributed by atoms with Crippen molar-refractivity contribution >= 4 is 17.1 Å². The summed E-state index contributed by atoms with van der Waals surface area (Å²) in [6, 6.07) is 3.38. The van der Waals surface area contributed by atoms with Crippen molar-refractivity contribution in [1.82, 2.24) is 0 Å². The van der Waals surface area contributed by atoms with Gasteiger partial charge in [0.2, 0.25) is 0 Å². The number of rotatable bonds is 1. The van der Waals surface area contributed by atoms with Gasteiger partial charge in [0, 0.05) is 13.1 Å². The van der Waals surface area contributed by atoms with E-state index in [1.807, 2.05) is 4.90 Å². The second-order valence-electron chi connectivity index (χ2n) is 3.95. The third-order valence-corrected chi connectivity index (χ3v) is 2.89. The Bertz CT molecular complexity index is 359. The fraction of sp³-hybridized carbons (Fsp3) is 0.455. The van der Waals surface area contributed by atoms with E-state index in [4.69, 9.17) is 11.5 Å². The van der Waals surface area contributed by atoms with Gasteiger partial charge in [-0.3, -0.25) is 0 Å². The maximum Gasteiger partial charge on any atom is 0.171 e. The van der Waals surface area contributed by atoms with Crippen molar-refractivity contribution in [1.29, 1.82) is 0 Å². The van der Waals surface area contributed by atoms with Crippen molar-refractivity contribution in [3.05, 3.63) is 17.9 Å². The molecule has 1 aromatic rings. The van der Waals surface area contributed by atoms with Crippen LogP contribution in [0.1, 0.15) is 19.3 Å². The predicted octanol–water partition coefficient (Wildman–Crippen LogP) is 1.98. The SMILES string of the molecule is Nc1ccc(N2CCCCC2)c(F)c1N. The first-order valence-electron chi connectivity index (χ1n) is 5.28. The van der Waals surface area contributed by atoms with Gasteiger partial charge in [-0.2, -0.15) is 0 Å². The number of piperidine rings is 1. The quantitative estimate of drug-likeness (QED) is 0.695. The number of nitrogens with zero attached hydrogens (tertiary/aromatic N) is 1.